The Hall–Kier alpha value is -4.53. The second kappa shape index (κ2) is 9.89. The summed E-state index contributed by atoms with van der Waals surface area (Å²) in [6.45, 7) is 4.05. The van der Waals surface area contributed by atoms with Gasteiger partial charge in [-0.3, -0.25) is 9.69 Å². The number of methoxy groups -OCH3 is 1. The van der Waals surface area contributed by atoms with Crippen LogP contribution in [0.3, 0.4) is 0 Å². The molecule has 4 aromatic heterocycles. The lowest BCUT2D eigenvalue weighted by atomic mass is 9.87. The highest BCUT2D eigenvalue weighted by Crippen LogP contribution is 2.36. The van der Waals surface area contributed by atoms with Crippen LogP contribution in [-0.2, 0) is 17.8 Å². The number of nitrogens with two attached hydrogens (primary N) is 1. The first kappa shape index (κ1) is 25.7. The minimum atomic E-state index is -1.72. The molecule has 7 heterocycles. The molecule has 11 nitrogen and oxygen atoms in total. The Kier molecular flexibility index (Phi) is 6.37. The molecule has 0 aliphatic carbocycles. The quantitative estimate of drug-likeness (QED) is 0.343. The van der Waals surface area contributed by atoms with Gasteiger partial charge in [-0.25, -0.2) is 14.5 Å². The van der Waals surface area contributed by atoms with Crippen molar-refractivity contribution in [2.24, 2.45) is 5.73 Å². The second-order valence-electron chi connectivity index (χ2n) is 10.8. The third kappa shape index (κ3) is 4.61. The van der Waals surface area contributed by atoms with Gasteiger partial charge in [0.25, 0.3) is 0 Å². The molecule has 11 heteroatoms. The minimum absolute atomic E-state index is 0.0121. The molecular formula is C29H30N8O3. The van der Waals surface area contributed by atoms with E-state index in [0.29, 0.717) is 34.6 Å². The van der Waals surface area contributed by atoms with E-state index in [1.54, 1.807) is 24.0 Å². The first-order valence-corrected chi connectivity index (χ1v) is 13.1. The lowest BCUT2D eigenvalue weighted by molar-refractivity contribution is -0.134. The molecule has 0 radical (unpaired) electrons. The number of amides is 1. The molecule has 1 amide bonds. The monoisotopic (exact) mass is 538 g/mol. The van der Waals surface area contributed by atoms with Crippen molar-refractivity contribution < 1.29 is 14.6 Å². The summed E-state index contributed by atoms with van der Waals surface area (Å²) in [6, 6.07) is 12.9. The molecule has 4 aromatic rings. The number of pyridine rings is 3. The largest absolute Gasteiger partial charge is 0.481 e. The van der Waals surface area contributed by atoms with Gasteiger partial charge >= 0.3 is 0 Å². The highest BCUT2D eigenvalue weighted by molar-refractivity contribution is 5.86. The Morgan fingerprint density at radius 2 is 1.98 bits per heavy atom. The molecule has 3 aliphatic heterocycles. The highest BCUT2D eigenvalue weighted by atomic mass is 16.5. The van der Waals surface area contributed by atoms with Crippen molar-refractivity contribution in [3.05, 3.63) is 71.8 Å². The summed E-state index contributed by atoms with van der Waals surface area (Å²) < 4.78 is 6.76. The van der Waals surface area contributed by atoms with E-state index >= 15 is 0 Å². The Balaban J connectivity index is 1.21. The molecule has 3 N–H and O–H groups in total. The van der Waals surface area contributed by atoms with E-state index in [4.69, 9.17) is 15.5 Å². The van der Waals surface area contributed by atoms with Gasteiger partial charge in [0.05, 0.1) is 24.4 Å². The first-order chi connectivity index (χ1) is 19.3. The Morgan fingerprint density at radius 1 is 1.18 bits per heavy atom. The predicted octanol–water partition coefficient (Wildman–Crippen LogP) is 1.91. The van der Waals surface area contributed by atoms with E-state index in [2.05, 4.69) is 32.0 Å². The number of nitrogens with zero attached hydrogens (tertiary/aromatic N) is 7. The third-order valence-electron chi connectivity index (χ3n) is 7.97. The topological polar surface area (TPSA) is 146 Å². The lowest BCUT2D eigenvalue weighted by Crippen LogP contribution is -2.68. The van der Waals surface area contributed by atoms with Gasteiger partial charge in [-0.15, -0.1) is 0 Å². The summed E-state index contributed by atoms with van der Waals surface area (Å²) in [7, 11) is 1.62. The average molecular weight is 539 g/mol. The maximum absolute atomic E-state index is 11.7. The van der Waals surface area contributed by atoms with Crippen LogP contribution in [0.4, 0.5) is 5.82 Å². The first-order valence-electron chi connectivity index (χ1n) is 13.1. The molecule has 0 spiro atoms. The van der Waals surface area contributed by atoms with Crippen LogP contribution in [0.15, 0.2) is 55.1 Å². The molecule has 3 unspecified atom stereocenters. The number of carbonyl (C=O) groups excluding carboxylic acids is 1. The van der Waals surface area contributed by atoms with Gasteiger partial charge in [0, 0.05) is 73.9 Å². The number of anilines is 1. The van der Waals surface area contributed by atoms with Crippen LogP contribution in [0.2, 0.25) is 0 Å². The van der Waals surface area contributed by atoms with Crippen LogP contribution < -0.4 is 15.4 Å². The number of piperidine rings is 1. The SMILES string of the molecule is COc1ccc(CN2C3CC2CN(c2ccc(-c4cc(CC(C)(O)C(N)=O)cn5ncc(C#N)c45)cn2)C3)cn1. The van der Waals surface area contributed by atoms with E-state index in [-0.39, 0.29) is 6.42 Å². The number of carbonyl (C=O) groups is 1. The van der Waals surface area contributed by atoms with Crippen molar-refractivity contribution in [2.45, 2.75) is 44.0 Å². The van der Waals surface area contributed by atoms with Crippen LogP contribution in [0.5, 0.6) is 5.88 Å². The van der Waals surface area contributed by atoms with E-state index in [9.17, 15) is 15.2 Å². The van der Waals surface area contributed by atoms with Crippen LogP contribution in [0, 0.1) is 11.3 Å². The Bertz CT molecular complexity index is 1600. The van der Waals surface area contributed by atoms with E-state index < -0.39 is 11.5 Å². The van der Waals surface area contributed by atoms with Crippen molar-refractivity contribution in [1.82, 2.24) is 24.5 Å². The fraction of sp³-hybridized carbons (Fsp3) is 0.345. The normalized spacial score (nSPS) is 20.0. The number of rotatable bonds is 8. The highest BCUT2D eigenvalue weighted by Gasteiger charge is 2.44. The molecule has 40 heavy (non-hydrogen) atoms. The van der Waals surface area contributed by atoms with Gasteiger partial charge in [-0.05, 0) is 42.7 Å². The van der Waals surface area contributed by atoms with Crippen LogP contribution in [0.1, 0.15) is 30.0 Å². The zero-order valence-corrected chi connectivity index (χ0v) is 22.4. The average Bonchev–Trinajstić information content (AvgIpc) is 3.38. The van der Waals surface area contributed by atoms with Gasteiger partial charge in [-0.2, -0.15) is 10.4 Å². The number of nitriles is 1. The number of primary amides is 1. The number of aliphatic hydroxyl groups is 1. The molecule has 7 rings (SSSR count). The Morgan fingerprint density at radius 3 is 2.60 bits per heavy atom. The molecular weight excluding hydrogens is 508 g/mol. The summed E-state index contributed by atoms with van der Waals surface area (Å²) in [5, 5.41) is 24.5. The molecule has 3 saturated heterocycles. The Labute approximate surface area is 231 Å². The molecule has 2 bridgehead atoms. The van der Waals surface area contributed by atoms with Gasteiger partial charge in [0.2, 0.25) is 11.8 Å². The van der Waals surface area contributed by atoms with Gasteiger partial charge in [-0.1, -0.05) is 6.07 Å². The van der Waals surface area contributed by atoms with Crippen LogP contribution >= 0.6 is 0 Å². The summed E-state index contributed by atoms with van der Waals surface area (Å²) in [5.74, 6) is 0.717. The predicted molar refractivity (Wildman–Crippen MR) is 147 cm³/mol. The fourth-order valence-electron chi connectivity index (χ4n) is 5.76. The number of hydrogen-bond acceptors (Lipinski definition) is 9. The van der Waals surface area contributed by atoms with Crippen molar-refractivity contribution in [1.29, 1.82) is 5.26 Å². The summed E-state index contributed by atoms with van der Waals surface area (Å²) in [4.78, 5) is 25.7. The molecule has 0 aromatic carbocycles. The van der Waals surface area contributed by atoms with Crippen molar-refractivity contribution in [3.63, 3.8) is 0 Å². The number of fused-ring (bicyclic) bond motifs is 3. The smallest absolute Gasteiger partial charge is 0.249 e. The lowest BCUT2D eigenvalue weighted by Gasteiger charge is -2.56. The van der Waals surface area contributed by atoms with Gasteiger partial charge < -0.3 is 20.5 Å². The zero-order chi connectivity index (χ0) is 28.0. The third-order valence-corrected chi connectivity index (χ3v) is 7.97. The maximum Gasteiger partial charge on any atom is 0.249 e. The van der Waals surface area contributed by atoms with Crippen molar-refractivity contribution in [2.75, 3.05) is 25.1 Å². The molecule has 3 aliphatic rings. The number of piperazine rings is 1. The molecule has 3 fully saturated rings. The fourth-order valence-corrected chi connectivity index (χ4v) is 5.76. The summed E-state index contributed by atoms with van der Waals surface area (Å²) >= 11 is 0. The number of aromatic nitrogens is 4. The van der Waals surface area contributed by atoms with Crippen LogP contribution in [-0.4, -0.2) is 73.4 Å². The summed E-state index contributed by atoms with van der Waals surface area (Å²) in [6.07, 6.45) is 8.07. The van der Waals surface area contributed by atoms with Gasteiger partial charge in [0.1, 0.15) is 17.5 Å². The van der Waals surface area contributed by atoms with Crippen molar-refractivity contribution >= 4 is 17.2 Å². The van der Waals surface area contributed by atoms with E-state index in [1.165, 1.54) is 25.1 Å². The standard InChI is InChI=1S/C29H30N8O3/c1-29(39,28(31)38)9-19-7-24(27-21(10-30)13-34-37(27)15-19)20-4-5-25(32-12-20)35-16-22-8-23(17-35)36(22)14-18-3-6-26(40-2)33-11-18/h3-7,11-13,15,22-23,39H,8-9,14,16-17H2,1-2H3,(H2,31,38). The number of ether oxygens (including phenoxy) is 1. The minimum Gasteiger partial charge on any atom is -0.481 e. The van der Waals surface area contributed by atoms with Gasteiger partial charge in [0.15, 0.2) is 0 Å². The van der Waals surface area contributed by atoms with Crippen LogP contribution in [0.25, 0.3) is 16.6 Å². The van der Waals surface area contributed by atoms with E-state index in [0.717, 1.165) is 36.6 Å². The zero-order valence-electron chi connectivity index (χ0n) is 22.4. The maximum atomic E-state index is 11.7. The van der Waals surface area contributed by atoms with E-state index in [1.807, 2.05) is 30.5 Å². The van der Waals surface area contributed by atoms with Crippen molar-refractivity contribution in [3.8, 4) is 23.1 Å². The summed E-state index contributed by atoms with van der Waals surface area (Å²) in [5.41, 5.74) is 8.12. The molecule has 3 atom stereocenters. The number of hydrogen-bond donors (Lipinski definition) is 2. The second-order valence-corrected chi connectivity index (χ2v) is 10.8. The molecule has 204 valence electrons. The molecule has 0 saturated carbocycles.